The predicted octanol–water partition coefficient (Wildman–Crippen LogP) is 1.37. The number of hydrogen-bond donors (Lipinski definition) is 1. The van der Waals surface area contributed by atoms with E-state index in [2.05, 4.69) is 5.32 Å². The summed E-state index contributed by atoms with van der Waals surface area (Å²) >= 11 is 1.60. The third-order valence-corrected chi connectivity index (χ3v) is 3.29. The number of rotatable bonds is 3. The summed E-state index contributed by atoms with van der Waals surface area (Å²) in [6.45, 7) is 2.14. The Balaban J connectivity index is 0.00000196. The van der Waals surface area contributed by atoms with Gasteiger partial charge in [0, 0.05) is 13.1 Å². The van der Waals surface area contributed by atoms with Gasteiger partial charge in [0.05, 0.1) is 5.75 Å². The molecule has 0 bridgehead atoms. The van der Waals surface area contributed by atoms with E-state index in [1.54, 1.807) is 11.8 Å². The van der Waals surface area contributed by atoms with Crippen molar-refractivity contribution >= 4 is 30.1 Å². The van der Waals surface area contributed by atoms with Gasteiger partial charge < -0.3 is 10.2 Å². The van der Waals surface area contributed by atoms with Gasteiger partial charge in [-0.15, -0.1) is 12.4 Å². The Hall–Kier alpha value is 0.0700. The molecule has 0 saturated carbocycles. The molecule has 90 valence electrons. The second kappa shape index (κ2) is 8.25. The van der Waals surface area contributed by atoms with Crippen LogP contribution in [0.3, 0.4) is 0 Å². The van der Waals surface area contributed by atoms with Gasteiger partial charge in [0.1, 0.15) is 0 Å². The van der Waals surface area contributed by atoms with Crippen molar-refractivity contribution in [3.63, 3.8) is 0 Å². The van der Waals surface area contributed by atoms with Gasteiger partial charge in [-0.2, -0.15) is 11.8 Å². The first-order chi connectivity index (χ1) is 6.75. The molecule has 1 heterocycles. The van der Waals surface area contributed by atoms with Gasteiger partial charge in [-0.3, -0.25) is 4.79 Å². The lowest BCUT2D eigenvalue weighted by atomic mass is 10.1. The van der Waals surface area contributed by atoms with E-state index in [0.717, 1.165) is 25.9 Å². The van der Waals surface area contributed by atoms with Crippen molar-refractivity contribution < 1.29 is 4.79 Å². The van der Waals surface area contributed by atoms with Gasteiger partial charge >= 0.3 is 0 Å². The van der Waals surface area contributed by atoms with E-state index >= 15 is 0 Å². The molecule has 0 spiro atoms. The summed E-state index contributed by atoms with van der Waals surface area (Å²) in [7, 11) is 1.94. The van der Waals surface area contributed by atoms with E-state index in [1.807, 2.05) is 18.2 Å². The van der Waals surface area contributed by atoms with E-state index < -0.39 is 0 Å². The normalized spacial score (nSPS) is 21.3. The van der Waals surface area contributed by atoms with Crippen molar-refractivity contribution in [1.82, 2.24) is 10.2 Å². The maximum absolute atomic E-state index is 11.6. The summed E-state index contributed by atoms with van der Waals surface area (Å²) < 4.78 is 0. The van der Waals surface area contributed by atoms with Crippen LogP contribution in [0.5, 0.6) is 0 Å². The number of nitrogens with one attached hydrogen (secondary N) is 1. The van der Waals surface area contributed by atoms with Crippen LogP contribution in [0.1, 0.15) is 19.3 Å². The van der Waals surface area contributed by atoms with Gasteiger partial charge in [-0.25, -0.2) is 0 Å². The topological polar surface area (TPSA) is 32.3 Å². The van der Waals surface area contributed by atoms with Crippen molar-refractivity contribution in [2.75, 3.05) is 32.1 Å². The average Bonchev–Trinajstić information content (AvgIpc) is 2.45. The molecule has 1 N–H and O–H groups in total. The maximum Gasteiger partial charge on any atom is 0.232 e. The molecule has 15 heavy (non-hydrogen) atoms. The van der Waals surface area contributed by atoms with Crippen LogP contribution in [0.25, 0.3) is 0 Å². The third-order valence-electron chi connectivity index (χ3n) is 2.75. The van der Waals surface area contributed by atoms with Crippen LogP contribution in [0.2, 0.25) is 0 Å². The summed E-state index contributed by atoms with van der Waals surface area (Å²) in [6, 6.07) is 0.449. The van der Waals surface area contributed by atoms with Crippen molar-refractivity contribution in [2.24, 2.45) is 0 Å². The van der Waals surface area contributed by atoms with Crippen molar-refractivity contribution in [2.45, 2.75) is 25.3 Å². The zero-order valence-electron chi connectivity index (χ0n) is 9.49. The summed E-state index contributed by atoms with van der Waals surface area (Å²) in [6.07, 6.45) is 5.39. The van der Waals surface area contributed by atoms with Gasteiger partial charge in [0.2, 0.25) is 5.91 Å². The van der Waals surface area contributed by atoms with Crippen LogP contribution >= 0.6 is 24.2 Å². The molecule has 1 fully saturated rings. The molecule has 0 aromatic heterocycles. The molecule has 3 nitrogen and oxygen atoms in total. The fourth-order valence-electron chi connectivity index (χ4n) is 1.82. The molecule has 0 aromatic carbocycles. The van der Waals surface area contributed by atoms with Crippen molar-refractivity contribution in [3.05, 3.63) is 0 Å². The molecular weight excluding hydrogens is 232 g/mol. The van der Waals surface area contributed by atoms with Gasteiger partial charge in [0.25, 0.3) is 0 Å². The Kier molecular flexibility index (Phi) is 8.29. The molecule has 1 saturated heterocycles. The lowest BCUT2D eigenvalue weighted by Gasteiger charge is -2.26. The quantitative estimate of drug-likeness (QED) is 0.824. The minimum Gasteiger partial charge on any atom is -0.342 e. The number of amides is 1. The minimum absolute atomic E-state index is 0. The predicted molar refractivity (Wildman–Crippen MR) is 68.9 cm³/mol. The molecule has 1 unspecified atom stereocenters. The molecule has 1 rings (SSSR count). The molecule has 0 aliphatic carbocycles. The standard InChI is InChI=1S/C10H20N2OS.ClH/c1-12(10(13)8-14-2)9-4-3-6-11-7-5-9;/h9,11H,3-8H2,1-2H3;1H. The molecule has 1 amide bonds. The first-order valence-electron chi connectivity index (χ1n) is 5.21. The first-order valence-corrected chi connectivity index (χ1v) is 6.60. The van der Waals surface area contributed by atoms with Crippen LogP contribution in [0.4, 0.5) is 0 Å². The smallest absolute Gasteiger partial charge is 0.232 e. The molecule has 0 aromatic rings. The van der Waals surface area contributed by atoms with E-state index in [9.17, 15) is 4.79 Å². The zero-order chi connectivity index (χ0) is 10.4. The van der Waals surface area contributed by atoms with Crippen molar-refractivity contribution in [1.29, 1.82) is 0 Å². The highest BCUT2D eigenvalue weighted by molar-refractivity contribution is 7.99. The van der Waals surface area contributed by atoms with Crippen LogP contribution < -0.4 is 5.32 Å². The Morgan fingerprint density at radius 2 is 2.20 bits per heavy atom. The molecule has 0 radical (unpaired) electrons. The van der Waals surface area contributed by atoms with E-state index in [0.29, 0.717) is 11.8 Å². The van der Waals surface area contributed by atoms with Crippen LogP contribution in [-0.2, 0) is 4.79 Å². The second-order valence-electron chi connectivity index (χ2n) is 3.77. The number of hydrogen-bond acceptors (Lipinski definition) is 3. The number of thioether (sulfide) groups is 1. The van der Waals surface area contributed by atoms with Crippen LogP contribution in [0.15, 0.2) is 0 Å². The molecule has 1 aliphatic heterocycles. The Bertz CT molecular complexity index is 184. The lowest BCUT2D eigenvalue weighted by Crippen LogP contribution is -2.38. The number of carbonyl (C=O) groups excluding carboxylic acids is 1. The minimum atomic E-state index is 0. The van der Waals surface area contributed by atoms with Gasteiger partial charge in [-0.05, 0) is 38.6 Å². The van der Waals surface area contributed by atoms with Crippen molar-refractivity contribution in [3.8, 4) is 0 Å². The van der Waals surface area contributed by atoms with Gasteiger partial charge in [0.15, 0.2) is 0 Å². The van der Waals surface area contributed by atoms with E-state index in [-0.39, 0.29) is 18.3 Å². The molecule has 1 atom stereocenters. The highest BCUT2D eigenvalue weighted by atomic mass is 35.5. The fraction of sp³-hybridized carbons (Fsp3) is 0.900. The van der Waals surface area contributed by atoms with Crippen LogP contribution in [-0.4, -0.2) is 49.0 Å². The SMILES string of the molecule is CSCC(=O)N(C)C1CCCNCC1.Cl. The third kappa shape index (κ3) is 5.09. The lowest BCUT2D eigenvalue weighted by molar-refractivity contribution is -0.129. The molecule has 5 heteroatoms. The highest BCUT2D eigenvalue weighted by Gasteiger charge is 2.20. The number of carbonyl (C=O) groups is 1. The van der Waals surface area contributed by atoms with E-state index in [4.69, 9.17) is 0 Å². The fourth-order valence-corrected chi connectivity index (χ4v) is 2.27. The Labute approximate surface area is 103 Å². The second-order valence-corrected chi connectivity index (χ2v) is 4.64. The maximum atomic E-state index is 11.6. The summed E-state index contributed by atoms with van der Waals surface area (Å²) in [5.41, 5.74) is 0. The summed E-state index contributed by atoms with van der Waals surface area (Å²) in [5.74, 6) is 0.879. The number of nitrogens with zero attached hydrogens (tertiary/aromatic N) is 1. The zero-order valence-corrected chi connectivity index (χ0v) is 11.1. The monoisotopic (exact) mass is 252 g/mol. The Morgan fingerprint density at radius 1 is 1.47 bits per heavy atom. The molecule has 1 aliphatic rings. The number of halogens is 1. The summed E-state index contributed by atoms with van der Waals surface area (Å²) in [5, 5.41) is 3.36. The van der Waals surface area contributed by atoms with Crippen LogP contribution in [0, 0.1) is 0 Å². The first kappa shape index (κ1) is 15.1. The highest BCUT2D eigenvalue weighted by Crippen LogP contribution is 2.12. The molecular formula is C10H21ClN2OS. The average molecular weight is 253 g/mol. The Morgan fingerprint density at radius 3 is 2.87 bits per heavy atom. The van der Waals surface area contributed by atoms with E-state index in [1.165, 1.54) is 6.42 Å². The largest absolute Gasteiger partial charge is 0.342 e. The van der Waals surface area contributed by atoms with Gasteiger partial charge in [-0.1, -0.05) is 0 Å². The summed E-state index contributed by atoms with van der Waals surface area (Å²) in [4.78, 5) is 13.6.